The molecule has 18 heavy (non-hydrogen) atoms. The summed E-state index contributed by atoms with van der Waals surface area (Å²) in [4.78, 5) is 2.08. The van der Waals surface area contributed by atoms with Gasteiger partial charge in [-0.15, -0.1) is 0 Å². The zero-order chi connectivity index (χ0) is 13.8. The summed E-state index contributed by atoms with van der Waals surface area (Å²) < 4.78 is 37.3. The van der Waals surface area contributed by atoms with Crippen molar-refractivity contribution in [1.29, 1.82) is 0 Å². The first-order valence-electron chi connectivity index (χ1n) is 5.93. The van der Waals surface area contributed by atoms with Crippen LogP contribution in [0.2, 0.25) is 0 Å². The summed E-state index contributed by atoms with van der Waals surface area (Å²) in [5.41, 5.74) is 5.70. The normalized spacial score (nSPS) is 13.9. The number of hydrogen-bond donors (Lipinski definition) is 1. The Morgan fingerprint density at radius 1 is 1.22 bits per heavy atom. The average molecular weight is 260 g/mol. The van der Waals surface area contributed by atoms with Crippen molar-refractivity contribution in [2.75, 3.05) is 20.1 Å². The highest BCUT2D eigenvalue weighted by molar-refractivity contribution is 5.26. The zero-order valence-electron chi connectivity index (χ0n) is 10.7. The van der Waals surface area contributed by atoms with E-state index in [-0.39, 0.29) is 6.04 Å². The van der Waals surface area contributed by atoms with E-state index in [9.17, 15) is 13.2 Å². The minimum atomic E-state index is -4.27. The predicted octanol–water partition coefficient (Wildman–Crippen LogP) is 3.05. The Morgan fingerprint density at radius 3 is 2.22 bits per heavy atom. The maximum absolute atomic E-state index is 12.4. The van der Waals surface area contributed by atoms with E-state index in [1.54, 1.807) is 0 Å². The average Bonchev–Trinajstić information content (AvgIpc) is 2.34. The molecular weight excluding hydrogens is 241 g/mol. The van der Waals surface area contributed by atoms with Crippen LogP contribution in [0.5, 0.6) is 0 Å². The van der Waals surface area contributed by atoms with Crippen molar-refractivity contribution in [3.8, 4) is 0 Å². The number of hydrogen-bond acceptors (Lipinski definition) is 2. The second kappa shape index (κ2) is 6.20. The summed E-state index contributed by atoms with van der Waals surface area (Å²) in [5.74, 6) is 0. The minimum Gasteiger partial charge on any atom is -0.330 e. The third-order valence-corrected chi connectivity index (χ3v) is 3.10. The van der Waals surface area contributed by atoms with Crippen LogP contribution in [0.25, 0.3) is 0 Å². The highest BCUT2D eigenvalue weighted by Gasteiger charge is 2.30. The Kier molecular flexibility index (Phi) is 5.16. The largest absolute Gasteiger partial charge is 0.416 e. The lowest BCUT2D eigenvalue weighted by Gasteiger charge is -2.25. The van der Waals surface area contributed by atoms with Gasteiger partial charge in [-0.2, -0.15) is 13.2 Å². The maximum Gasteiger partial charge on any atom is 0.416 e. The van der Waals surface area contributed by atoms with Gasteiger partial charge in [0, 0.05) is 6.04 Å². The predicted molar refractivity (Wildman–Crippen MR) is 66.2 cm³/mol. The van der Waals surface area contributed by atoms with Crippen molar-refractivity contribution in [2.24, 2.45) is 5.73 Å². The van der Waals surface area contributed by atoms with E-state index in [4.69, 9.17) is 5.73 Å². The quantitative estimate of drug-likeness (QED) is 0.881. The van der Waals surface area contributed by atoms with Crippen molar-refractivity contribution in [1.82, 2.24) is 4.90 Å². The van der Waals surface area contributed by atoms with Crippen LogP contribution >= 0.6 is 0 Å². The van der Waals surface area contributed by atoms with Gasteiger partial charge in [0.1, 0.15) is 0 Å². The molecule has 0 aliphatic rings. The van der Waals surface area contributed by atoms with Gasteiger partial charge in [-0.3, -0.25) is 4.90 Å². The van der Waals surface area contributed by atoms with Crippen LogP contribution < -0.4 is 5.73 Å². The van der Waals surface area contributed by atoms with Crippen molar-refractivity contribution in [2.45, 2.75) is 25.6 Å². The molecule has 2 N–H and O–H groups in total. The van der Waals surface area contributed by atoms with E-state index < -0.39 is 11.7 Å². The van der Waals surface area contributed by atoms with Gasteiger partial charge < -0.3 is 5.73 Å². The van der Waals surface area contributed by atoms with Crippen molar-refractivity contribution in [3.05, 3.63) is 35.4 Å². The molecular formula is C13H19F3N2. The fourth-order valence-electron chi connectivity index (χ4n) is 1.74. The summed E-state index contributed by atoms with van der Waals surface area (Å²) in [6.07, 6.45) is -3.39. The van der Waals surface area contributed by atoms with E-state index in [1.165, 1.54) is 12.1 Å². The molecule has 0 heterocycles. The smallest absolute Gasteiger partial charge is 0.330 e. The lowest BCUT2D eigenvalue weighted by Crippen LogP contribution is -2.25. The Morgan fingerprint density at radius 2 is 1.78 bits per heavy atom. The molecule has 0 aromatic heterocycles. The molecule has 0 aliphatic carbocycles. The Bertz CT molecular complexity index is 359. The summed E-state index contributed by atoms with van der Waals surface area (Å²) in [6, 6.07) is 5.41. The van der Waals surface area contributed by atoms with E-state index in [2.05, 4.69) is 4.90 Å². The molecule has 5 heteroatoms. The minimum absolute atomic E-state index is 0.0823. The summed E-state index contributed by atoms with van der Waals surface area (Å²) in [6.45, 7) is 3.42. The Balaban J connectivity index is 2.72. The second-order valence-corrected chi connectivity index (χ2v) is 4.42. The number of nitrogens with zero attached hydrogens (tertiary/aromatic N) is 1. The third-order valence-electron chi connectivity index (χ3n) is 3.10. The van der Waals surface area contributed by atoms with Gasteiger partial charge >= 0.3 is 6.18 Å². The monoisotopic (exact) mass is 260 g/mol. The van der Waals surface area contributed by atoms with Crippen LogP contribution in [0.3, 0.4) is 0 Å². The molecule has 0 radical (unpaired) electrons. The second-order valence-electron chi connectivity index (χ2n) is 4.42. The van der Waals surface area contributed by atoms with E-state index >= 15 is 0 Å². The van der Waals surface area contributed by atoms with Gasteiger partial charge in [0.25, 0.3) is 0 Å². The van der Waals surface area contributed by atoms with E-state index in [1.807, 2.05) is 14.0 Å². The maximum atomic E-state index is 12.4. The number of alkyl halides is 3. The standard InChI is InChI=1S/C13H19F3N2/c1-10(18(2)9-3-8-17)11-4-6-12(7-5-11)13(14,15)16/h4-7,10H,3,8-9,17H2,1-2H3. The molecule has 0 amide bonds. The first-order chi connectivity index (χ1) is 8.36. The Hall–Kier alpha value is -1.07. The molecule has 0 bridgehead atoms. The number of halogens is 3. The molecule has 1 aromatic carbocycles. The van der Waals surface area contributed by atoms with Gasteiger partial charge in [-0.25, -0.2) is 0 Å². The van der Waals surface area contributed by atoms with Crippen LogP contribution in [0.1, 0.15) is 30.5 Å². The highest BCUT2D eigenvalue weighted by atomic mass is 19.4. The first kappa shape index (κ1) is 15.0. The van der Waals surface area contributed by atoms with E-state index in [0.717, 1.165) is 30.7 Å². The molecule has 102 valence electrons. The van der Waals surface area contributed by atoms with Crippen molar-refractivity contribution >= 4 is 0 Å². The summed E-state index contributed by atoms with van der Waals surface area (Å²) in [7, 11) is 1.94. The summed E-state index contributed by atoms with van der Waals surface area (Å²) >= 11 is 0. The van der Waals surface area contributed by atoms with Gasteiger partial charge in [0.15, 0.2) is 0 Å². The SMILES string of the molecule is CC(c1ccc(C(F)(F)F)cc1)N(C)CCCN. The molecule has 2 nitrogen and oxygen atoms in total. The topological polar surface area (TPSA) is 29.3 Å². The molecule has 1 atom stereocenters. The van der Waals surface area contributed by atoms with Crippen LogP contribution in [0.4, 0.5) is 13.2 Å². The molecule has 0 aliphatic heterocycles. The van der Waals surface area contributed by atoms with Crippen LogP contribution in [-0.4, -0.2) is 25.0 Å². The molecule has 1 rings (SSSR count). The molecule has 0 spiro atoms. The van der Waals surface area contributed by atoms with E-state index in [0.29, 0.717) is 6.54 Å². The Labute approximate surface area is 106 Å². The molecule has 0 saturated heterocycles. The molecule has 0 fully saturated rings. The number of benzene rings is 1. The van der Waals surface area contributed by atoms with Crippen LogP contribution in [0.15, 0.2) is 24.3 Å². The molecule has 0 saturated carbocycles. The van der Waals surface area contributed by atoms with Crippen molar-refractivity contribution < 1.29 is 13.2 Å². The number of nitrogens with two attached hydrogens (primary N) is 1. The molecule has 1 unspecified atom stereocenters. The van der Waals surface area contributed by atoms with Crippen LogP contribution in [0, 0.1) is 0 Å². The first-order valence-corrected chi connectivity index (χ1v) is 5.93. The fraction of sp³-hybridized carbons (Fsp3) is 0.538. The lowest BCUT2D eigenvalue weighted by atomic mass is 10.0. The fourth-order valence-corrected chi connectivity index (χ4v) is 1.74. The highest BCUT2D eigenvalue weighted by Crippen LogP contribution is 2.30. The van der Waals surface area contributed by atoms with Gasteiger partial charge in [0.05, 0.1) is 5.56 Å². The lowest BCUT2D eigenvalue weighted by molar-refractivity contribution is -0.137. The van der Waals surface area contributed by atoms with Gasteiger partial charge in [-0.1, -0.05) is 12.1 Å². The zero-order valence-corrected chi connectivity index (χ0v) is 10.7. The van der Waals surface area contributed by atoms with Crippen molar-refractivity contribution in [3.63, 3.8) is 0 Å². The summed E-state index contributed by atoms with van der Waals surface area (Å²) in [5, 5.41) is 0. The van der Waals surface area contributed by atoms with Gasteiger partial charge in [-0.05, 0) is 51.2 Å². The molecule has 1 aromatic rings. The third kappa shape index (κ3) is 3.99. The van der Waals surface area contributed by atoms with Gasteiger partial charge in [0.2, 0.25) is 0 Å². The van der Waals surface area contributed by atoms with Crippen LogP contribution in [-0.2, 0) is 6.18 Å². The number of rotatable bonds is 5.